The first-order chi connectivity index (χ1) is 7.38. The molecule has 2 fully saturated rings. The molecule has 2 unspecified atom stereocenters. The Balaban J connectivity index is 1.72. The molecule has 0 radical (unpaired) electrons. The van der Waals surface area contributed by atoms with Gasteiger partial charge in [0.1, 0.15) is 0 Å². The largest absolute Gasteiger partial charge is 0.372 e. The van der Waals surface area contributed by atoms with Gasteiger partial charge in [0.15, 0.2) is 0 Å². The smallest absolute Gasteiger partial charge is 0.0706 e. The highest BCUT2D eigenvalue weighted by Crippen LogP contribution is 2.28. The summed E-state index contributed by atoms with van der Waals surface area (Å²) in [5.74, 6) is 0.946. The molecule has 88 valence electrons. The fourth-order valence-corrected chi connectivity index (χ4v) is 2.95. The molecule has 2 aliphatic rings. The van der Waals surface area contributed by atoms with Crippen LogP contribution in [0, 0.1) is 5.92 Å². The molecule has 0 aromatic rings. The van der Waals surface area contributed by atoms with E-state index in [9.17, 15) is 0 Å². The molecule has 0 aromatic heterocycles. The second kappa shape index (κ2) is 5.86. The molecule has 1 N–H and O–H groups in total. The molecule has 0 spiro atoms. The maximum Gasteiger partial charge on any atom is 0.0706 e. The Hall–Kier alpha value is -0.0800. The summed E-state index contributed by atoms with van der Waals surface area (Å²) in [6.45, 7) is 4.35. The van der Waals surface area contributed by atoms with Gasteiger partial charge in [-0.3, -0.25) is 0 Å². The van der Waals surface area contributed by atoms with Crippen molar-refractivity contribution in [1.82, 2.24) is 5.32 Å². The van der Waals surface area contributed by atoms with Gasteiger partial charge >= 0.3 is 0 Å². The molecule has 1 aliphatic heterocycles. The Kier molecular flexibility index (Phi) is 4.45. The van der Waals surface area contributed by atoms with Crippen molar-refractivity contribution in [3.63, 3.8) is 0 Å². The zero-order valence-corrected chi connectivity index (χ0v) is 10.0. The molecule has 2 nitrogen and oxygen atoms in total. The van der Waals surface area contributed by atoms with Crippen LogP contribution in [0.4, 0.5) is 0 Å². The minimum atomic E-state index is 0.465. The molecular formula is C13H25NO. The summed E-state index contributed by atoms with van der Waals surface area (Å²) in [4.78, 5) is 0. The van der Waals surface area contributed by atoms with Crippen LogP contribution in [-0.2, 0) is 4.74 Å². The molecule has 2 atom stereocenters. The van der Waals surface area contributed by atoms with Crippen LogP contribution < -0.4 is 5.32 Å². The highest BCUT2D eigenvalue weighted by Gasteiger charge is 2.24. The van der Waals surface area contributed by atoms with Gasteiger partial charge in [0, 0.05) is 13.1 Å². The first-order valence-electron chi connectivity index (χ1n) is 6.74. The van der Waals surface area contributed by atoms with Gasteiger partial charge in [-0.2, -0.15) is 0 Å². The maximum atomic E-state index is 6.08. The molecule has 1 saturated heterocycles. The van der Waals surface area contributed by atoms with Crippen molar-refractivity contribution >= 4 is 0 Å². The third-order valence-corrected chi connectivity index (χ3v) is 3.91. The molecule has 15 heavy (non-hydrogen) atoms. The van der Waals surface area contributed by atoms with E-state index in [1.54, 1.807) is 0 Å². The van der Waals surface area contributed by atoms with E-state index in [2.05, 4.69) is 12.2 Å². The summed E-state index contributed by atoms with van der Waals surface area (Å²) in [5, 5.41) is 3.50. The van der Waals surface area contributed by atoms with Crippen molar-refractivity contribution in [2.75, 3.05) is 13.1 Å². The van der Waals surface area contributed by atoms with Gasteiger partial charge in [0.2, 0.25) is 0 Å². The van der Waals surface area contributed by atoms with Crippen molar-refractivity contribution in [2.45, 2.75) is 64.1 Å². The fraction of sp³-hybridized carbons (Fsp3) is 1.00. The molecule has 2 heteroatoms. The second-order valence-corrected chi connectivity index (χ2v) is 5.19. The van der Waals surface area contributed by atoms with E-state index < -0.39 is 0 Å². The summed E-state index contributed by atoms with van der Waals surface area (Å²) in [7, 11) is 0. The van der Waals surface area contributed by atoms with Crippen molar-refractivity contribution in [1.29, 1.82) is 0 Å². The minimum Gasteiger partial charge on any atom is -0.372 e. The normalized spacial score (nSPS) is 34.2. The molecule has 0 amide bonds. The summed E-state index contributed by atoms with van der Waals surface area (Å²) in [6.07, 6.45) is 10.6. The minimum absolute atomic E-state index is 0.465. The maximum absolute atomic E-state index is 6.08. The highest BCUT2D eigenvalue weighted by molar-refractivity contribution is 4.77. The van der Waals surface area contributed by atoms with Crippen LogP contribution in [0.1, 0.15) is 51.9 Å². The van der Waals surface area contributed by atoms with E-state index in [-0.39, 0.29) is 0 Å². The van der Waals surface area contributed by atoms with Gasteiger partial charge in [-0.1, -0.05) is 39.0 Å². The van der Waals surface area contributed by atoms with Gasteiger partial charge in [-0.15, -0.1) is 0 Å². The molecule has 1 aliphatic carbocycles. The van der Waals surface area contributed by atoms with Crippen molar-refractivity contribution in [2.24, 2.45) is 5.92 Å². The van der Waals surface area contributed by atoms with Crippen molar-refractivity contribution in [3.05, 3.63) is 0 Å². The average molecular weight is 211 g/mol. The van der Waals surface area contributed by atoms with Gasteiger partial charge < -0.3 is 10.1 Å². The fourth-order valence-electron chi connectivity index (χ4n) is 2.95. The number of nitrogens with one attached hydrogen (secondary N) is 1. The SMILES string of the molecule is CCC1CNCC(CC2CCCCC2)O1. The van der Waals surface area contributed by atoms with E-state index in [1.807, 2.05) is 0 Å². The van der Waals surface area contributed by atoms with Gasteiger partial charge in [-0.25, -0.2) is 0 Å². The molecule has 2 rings (SSSR count). The van der Waals surface area contributed by atoms with Crippen LogP contribution in [0.5, 0.6) is 0 Å². The van der Waals surface area contributed by atoms with Gasteiger partial charge in [-0.05, 0) is 18.8 Å². The topological polar surface area (TPSA) is 21.3 Å². The lowest BCUT2D eigenvalue weighted by Crippen LogP contribution is -2.45. The summed E-state index contributed by atoms with van der Waals surface area (Å²) >= 11 is 0. The molecule has 0 bridgehead atoms. The van der Waals surface area contributed by atoms with Crippen molar-refractivity contribution in [3.8, 4) is 0 Å². The van der Waals surface area contributed by atoms with E-state index in [1.165, 1.54) is 38.5 Å². The Morgan fingerprint density at radius 3 is 2.53 bits per heavy atom. The lowest BCUT2D eigenvalue weighted by molar-refractivity contribution is -0.0504. The monoisotopic (exact) mass is 211 g/mol. The van der Waals surface area contributed by atoms with Crippen LogP contribution in [0.15, 0.2) is 0 Å². The third-order valence-electron chi connectivity index (χ3n) is 3.91. The summed E-state index contributed by atoms with van der Waals surface area (Å²) < 4.78 is 6.08. The highest BCUT2D eigenvalue weighted by atomic mass is 16.5. The molecule has 1 saturated carbocycles. The Labute approximate surface area is 93.8 Å². The van der Waals surface area contributed by atoms with Gasteiger partial charge in [0.05, 0.1) is 12.2 Å². The molecular weight excluding hydrogens is 186 g/mol. The number of morpholine rings is 1. The van der Waals surface area contributed by atoms with E-state index in [0.717, 1.165) is 25.4 Å². The standard InChI is InChI=1S/C13H25NO/c1-2-12-9-14-10-13(15-12)8-11-6-4-3-5-7-11/h11-14H,2-10H2,1H3. The lowest BCUT2D eigenvalue weighted by atomic mass is 9.85. The Morgan fingerprint density at radius 1 is 1.07 bits per heavy atom. The number of ether oxygens (including phenoxy) is 1. The second-order valence-electron chi connectivity index (χ2n) is 5.19. The predicted molar refractivity (Wildman–Crippen MR) is 63.0 cm³/mol. The first-order valence-corrected chi connectivity index (χ1v) is 6.74. The van der Waals surface area contributed by atoms with Crippen LogP contribution >= 0.6 is 0 Å². The van der Waals surface area contributed by atoms with Gasteiger partial charge in [0.25, 0.3) is 0 Å². The van der Waals surface area contributed by atoms with Crippen LogP contribution in [0.25, 0.3) is 0 Å². The van der Waals surface area contributed by atoms with E-state index in [4.69, 9.17) is 4.74 Å². The first kappa shape index (κ1) is 11.4. The van der Waals surface area contributed by atoms with E-state index >= 15 is 0 Å². The number of rotatable bonds is 3. The zero-order chi connectivity index (χ0) is 10.5. The number of hydrogen-bond acceptors (Lipinski definition) is 2. The predicted octanol–water partition coefficient (Wildman–Crippen LogP) is 2.72. The molecule has 1 heterocycles. The van der Waals surface area contributed by atoms with E-state index in [0.29, 0.717) is 12.2 Å². The lowest BCUT2D eigenvalue weighted by Gasteiger charge is -2.33. The van der Waals surface area contributed by atoms with Crippen LogP contribution in [0.2, 0.25) is 0 Å². The van der Waals surface area contributed by atoms with Crippen LogP contribution in [0.3, 0.4) is 0 Å². The third kappa shape index (κ3) is 3.46. The quantitative estimate of drug-likeness (QED) is 0.775. The van der Waals surface area contributed by atoms with Crippen LogP contribution in [-0.4, -0.2) is 25.3 Å². The Morgan fingerprint density at radius 2 is 1.80 bits per heavy atom. The zero-order valence-electron chi connectivity index (χ0n) is 10.0. The van der Waals surface area contributed by atoms with Crippen molar-refractivity contribution < 1.29 is 4.74 Å². The Bertz CT molecular complexity index is 177. The average Bonchev–Trinajstić information content (AvgIpc) is 2.31. The molecule has 0 aromatic carbocycles. The number of hydrogen-bond donors (Lipinski definition) is 1. The summed E-state index contributed by atoms with van der Waals surface area (Å²) in [5.41, 5.74) is 0. The summed E-state index contributed by atoms with van der Waals surface area (Å²) in [6, 6.07) is 0.